The molecule has 0 aliphatic heterocycles. The van der Waals surface area contributed by atoms with Gasteiger partial charge >= 0.3 is 5.69 Å². The van der Waals surface area contributed by atoms with Gasteiger partial charge in [-0.2, -0.15) is 0 Å². The van der Waals surface area contributed by atoms with Crippen molar-refractivity contribution < 1.29 is 0 Å². The predicted octanol–water partition coefficient (Wildman–Crippen LogP) is -0.274. The Labute approximate surface area is 104 Å². The summed E-state index contributed by atoms with van der Waals surface area (Å²) < 4.78 is 4.25. The zero-order valence-electron chi connectivity index (χ0n) is 11.0. The van der Waals surface area contributed by atoms with Gasteiger partial charge in [-0.25, -0.2) is 14.5 Å². The highest BCUT2D eigenvalue weighted by Crippen LogP contribution is 2.07. The molecule has 0 saturated carbocycles. The minimum absolute atomic E-state index is 0.295. The third-order valence-corrected chi connectivity index (χ3v) is 2.81. The van der Waals surface area contributed by atoms with Gasteiger partial charge < -0.3 is 5.43 Å². The van der Waals surface area contributed by atoms with E-state index >= 15 is 0 Å². The topological polar surface area (TPSA) is 73.8 Å². The molecule has 0 unspecified atom stereocenters. The van der Waals surface area contributed by atoms with E-state index in [1.165, 1.54) is 13.4 Å². The average molecular weight is 251 g/mol. The molecule has 7 heteroatoms. The minimum atomic E-state index is -0.371. The summed E-state index contributed by atoms with van der Waals surface area (Å²) in [6, 6.07) is 0. The van der Waals surface area contributed by atoms with E-state index in [1.807, 2.05) is 13.8 Å². The van der Waals surface area contributed by atoms with E-state index in [1.54, 1.807) is 16.3 Å². The molecule has 2 aromatic rings. The number of aromatic nitrogens is 4. The number of hydrogen-bond donors (Lipinski definition) is 1. The molecule has 2 aromatic heterocycles. The van der Waals surface area contributed by atoms with Crippen LogP contribution >= 0.6 is 0 Å². The first-order valence-electron chi connectivity index (χ1n) is 5.82. The Balaban J connectivity index is 2.92. The Kier molecular flexibility index (Phi) is 2.98. The lowest BCUT2D eigenvalue weighted by atomic mass is 10.2. The van der Waals surface area contributed by atoms with E-state index in [9.17, 15) is 9.59 Å². The zero-order chi connectivity index (χ0) is 13.4. The molecule has 0 radical (unpaired) electrons. The Hall–Kier alpha value is -2.05. The van der Waals surface area contributed by atoms with Crippen molar-refractivity contribution in [2.24, 2.45) is 13.0 Å². The SMILES string of the molecule is CNn1cnc2c(=O)n(C)c(=O)n(CC(C)C)c21. The second kappa shape index (κ2) is 4.32. The van der Waals surface area contributed by atoms with Gasteiger partial charge in [-0.05, 0) is 5.92 Å². The van der Waals surface area contributed by atoms with Gasteiger partial charge in [0, 0.05) is 20.6 Å². The molecule has 18 heavy (non-hydrogen) atoms. The quantitative estimate of drug-likeness (QED) is 0.814. The summed E-state index contributed by atoms with van der Waals surface area (Å²) in [6.07, 6.45) is 1.50. The molecular formula is C11H17N5O2. The Morgan fingerprint density at radius 2 is 2.06 bits per heavy atom. The molecule has 7 nitrogen and oxygen atoms in total. The van der Waals surface area contributed by atoms with Gasteiger partial charge in [0.15, 0.2) is 11.2 Å². The van der Waals surface area contributed by atoms with Crippen molar-refractivity contribution in [3.05, 3.63) is 27.2 Å². The van der Waals surface area contributed by atoms with Crippen molar-refractivity contribution in [3.8, 4) is 0 Å². The van der Waals surface area contributed by atoms with Crippen LogP contribution in [-0.4, -0.2) is 25.8 Å². The second-order valence-electron chi connectivity index (χ2n) is 4.66. The van der Waals surface area contributed by atoms with E-state index in [0.717, 1.165) is 4.57 Å². The average Bonchev–Trinajstić information content (AvgIpc) is 2.75. The summed E-state index contributed by atoms with van der Waals surface area (Å²) in [5, 5.41) is 0. The predicted molar refractivity (Wildman–Crippen MR) is 69.4 cm³/mol. The van der Waals surface area contributed by atoms with Crippen LogP contribution in [-0.2, 0) is 13.6 Å². The summed E-state index contributed by atoms with van der Waals surface area (Å²) in [5.41, 5.74) is 3.00. The van der Waals surface area contributed by atoms with Crippen molar-refractivity contribution in [1.82, 2.24) is 18.8 Å². The van der Waals surface area contributed by atoms with Crippen LogP contribution < -0.4 is 16.7 Å². The second-order valence-corrected chi connectivity index (χ2v) is 4.66. The number of hydrogen-bond acceptors (Lipinski definition) is 4. The third kappa shape index (κ3) is 1.71. The molecule has 0 aliphatic rings. The van der Waals surface area contributed by atoms with Crippen molar-refractivity contribution >= 4 is 11.2 Å². The smallest absolute Gasteiger partial charge is 0.326 e. The number of rotatable bonds is 3. The minimum Gasteiger partial charge on any atom is -0.326 e. The van der Waals surface area contributed by atoms with E-state index in [2.05, 4.69) is 10.4 Å². The van der Waals surface area contributed by atoms with E-state index in [4.69, 9.17) is 0 Å². The van der Waals surface area contributed by atoms with E-state index in [-0.39, 0.29) is 11.2 Å². The van der Waals surface area contributed by atoms with Crippen LogP contribution in [0.1, 0.15) is 13.8 Å². The molecule has 1 N–H and O–H groups in total. The van der Waals surface area contributed by atoms with Crippen molar-refractivity contribution in [2.45, 2.75) is 20.4 Å². The monoisotopic (exact) mass is 251 g/mol. The fraction of sp³-hybridized carbons (Fsp3) is 0.545. The normalized spacial score (nSPS) is 11.4. The number of fused-ring (bicyclic) bond motifs is 1. The molecule has 0 bridgehead atoms. The molecule has 0 aromatic carbocycles. The first-order valence-corrected chi connectivity index (χ1v) is 5.82. The molecular weight excluding hydrogens is 234 g/mol. The molecule has 98 valence electrons. The van der Waals surface area contributed by atoms with Crippen LogP contribution in [0.3, 0.4) is 0 Å². The van der Waals surface area contributed by atoms with Crippen LogP contribution in [0.15, 0.2) is 15.9 Å². The Morgan fingerprint density at radius 1 is 1.39 bits per heavy atom. The van der Waals surface area contributed by atoms with Gasteiger partial charge in [-0.1, -0.05) is 13.8 Å². The number of nitrogens with one attached hydrogen (secondary N) is 1. The molecule has 0 spiro atoms. The highest BCUT2D eigenvalue weighted by Gasteiger charge is 2.16. The van der Waals surface area contributed by atoms with Crippen LogP contribution in [0.4, 0.5) is 0 Å². The van der Waals surface area contributed by atoms with E-state index in [0.29, 0.717) is 23.6 Å². The molecule has 0 fully saturated rings. The lowest BCUT2D eigenvalue weighted by Crippen LogP contribution is -2.39. The maximum atomic E-state index is 12.2. The van der Waals surface area contributed by atoms with Crippen LogP contribution in [0, 0.1) is 5.92 Å². The summed E-state index contributed by atoms with van der Waals surface area (Å²) >= 11 is 0. The maximum absolute atomic E-state index is 12.2. The first-order chi connectivity index (χ1) is 8.47. The van der Waals surface area contributed by atoms with Crippen LogP contribution in [0.25, 0.3) is 11.2 Å². The van der Waals surface area contributed by atoms with Crippen molar-refractivity contribution in [2.75, 3.05) is 12.5 Å². The zero-order valence-corrected chi connectivity index (χ0v) is 11.0. The van der Waals surface area contributed by atoms with Gasteiger partial charge in [0.2, 0.25) is 0 Å². The Morgan fingerprint density at radius 3 is 2.61 bits per heavy atom. The molecule has 0 saturated heterocycles. The highest BCUT2D eigenvalue weighted by molar-refractivity contribution is 5.70. The fourth-order valence-electron chi connectivity index (χ4n) is 1.96. The Bertz CT molecular complexity index is 692. The fourth-order valence-corrected chi connectivity index (χ4v) is 1.96. The number of nitrogens with zero attached hydrogens (tertiary/aromatic N) is 4. The third-order valence-electron chi connectivity index (χ3n) is 2.81. The summed E-state index contributed by atoms with van der Waals surface area (Å²) in [7, 11) is 3.18. The van der Waals surface area contributed by atoms with Crippen LogP contribution in [0.2, 0.25) is 0 Å². The largest absolute Gasteiger partial charge is 0.332 e. The van der Waals surface area contributed by atoms with Crippen molar-refractivity contribution in [3.63, 3.8) is 0 Å². The summed E-state index contributed by atoms with van der Waals surface area (Å²) in [4.78, 5) is 28.2. The maximum Gasteiger partial charge on any atom is 0.332 e. The number of imidazole rings is 1. The molecule has 0 aliphatic carbocycles. The van der Waals surface area contributed by atoms with Gasteiger partial charge in [-0.3, -0.25) is 13.9 Å². The van der Waals surface area contributed by atoms with E-state index < -0.39 is 0 Å². The highest BCUT2D eigenvalue weighted by atomic mass is 16.2. The van der Waals surface area contributed by atoms with Gasteiger partial charge in [0.1, 0.15) is 6.33 Å². The molecule has 2 rings (SSSR count). The standard InChI is InChI=1S/C11H17N5O2/c1-7(2)5-15-9-8(13-6-16(9)12-3)10(17)14(4)11(15)18/h6-7,12H,5H2,1-4H3. The lowest BCUT2D eigenvalue weighted by Gasteiger charge is -2.13. The lowest BCUT2D eigenvalue weighted by molar-refractivity contribution is 0.497. The van der Waals surface area contributed by atoms with Crippen molar-refractivity contribution in [1.29, 1.82) is 0 Å². The molecule has 0 amide bonds. The summed E-state index contributed by atoms with van der Waals surface area (Å²) in [5.74, 6) is 0.295. The molecule has 2 heterocycles. The van der Waals surface area contributed by atoms with Gasteiger partial charge in [-0.15, -0.1) is 0 Å². The molecule has 0 atom stereocenters. The van der Waals surface area contributed by atoms with Crippen LogP contribution in [0.5, 0.6) is 0 Å². The van der Waals surface area contributed by atoms with Gasteiger partial charge in [0.25, 0.3) is 5.56 Å². The summed E-state index contributed by atoms with van der Waals surface area (Å²) in [6.45, 7) is 4.57. The van der Waals surface area contributed by atoms with Gasteiger partial charge in [0.05, 0.1) is 0 Å². The first kappa shape index (κ1) is 12.4.